The van der Waals surface area contributed by atoms with E-state index < -0.39 is 0 Å². The van der Waals surface area contributed by atoms with Crippen molar-refractivity contribution in [3.05, 3.63) is 29.3 Å². The summed E-state index contributed by atoms with van der Waals surface area (Å²) in [6, 6.07) is 6.11. The Labute approximate surface area is 101 Å². The van der Waals surface area contributed by atoms with Gasteiger partial charge in [-0.15, -0.1) is 0 Å². The molecule has 3 nitrogen and oxygen atoms in total. The van der Waals surface area contributed by atoms with E-state index in [4.69, 9.17) is 4.74 Å². The molecule has 1 heterocycles. The lowest BCUT2D eigenvalue weighted by Gasteiger charge is -2.37. The summed E-state index contributed by atoms with van der Waals surface area (Å²) in [5, 5.41) is 3.13. The molecule has 17 heavy (non-hydrogen) atoms. The van der Waals surface area contributed by atoms with Crippen LogP contribution in [-0.4, -0.2) is 19.1 Å². The highest BCUT2D eigenvalue weighted by atomic mass is 16.5. The van der Waals surface area contributed by atoms with Crippen molar-refractivity contribution in [3.63, 3.8) is 0 Å². The van der Waals surface area contributed by atoms with E-state index in [-0.39, 0.29) is 5.91 Å². The summed E-state index contributed by atoms with van der Waals surface area (Å²) in [6.07, 6.45) is 4.76. The van der Waals surface area contributed by atoms with Crippen molar-refractivity contribution in [1.82, 2.24) is 5.32 Å². The summed E-state index contributed by atoms with van der Waals surface area (Å²) >= 11 is 0. The largest absolute Gasteiger partial charge is 0.497 e. The van der Waals surface area contributed by atoms with Crippen molar-refractivity contribution in [2.45, 2.75) is 37.6 Å². The van der Waals surface area contributed by atoms with Gasteiger partial charge in [0.05, 0.1) is 7.11 Å². The predicted octanol–water partition coefficient (Wildman–Crippen LogP) is 2.46. The van der Waals surface area contributed by atoms with Crippen molar-refractivity contribution in [2.24, 2.45) is 0 Å². The maximum Gasteiger partial charge on any atom is 0.251 e. The summed E-state index contributed by atoms with van der Waals surface area (Å²) in [7, 11) is 1.67. The predicted molar refractivity (Wildman–Crippen MR) is 65.5 cm³/mol. The summed E-state index contributed by atoms with van der Waals surface area (Å²) in [5.74, 6) is 1.40. The third-order valence-corrected chi connectivity index (χ3v) is 3.99. The monoisotopic (exact) mass is 231 g/mol. The third kappa shape index (κ3) is 1.70. The number of ether oxygens (including phenoxy) is 1. The zero-order valence-corrected chi connectivity index (χ0v) is 10.0. The zero-order valence-electron chi connectivity index (χ0n) is 10.0. The van der Waals surface area contributed by atoms with E-state index in [1.807, 2.05) is 18.2 Å². The summed E-state index contributed by atoms with van der Waals surface area (Å²) < 4.78 is 5.26. The van der Waals surface area contributed by atoms with E-state index in [1.54, 1.807) is 7.11 Å². The van der Waals surface area contributed by atoms with E-state index in [2.05, 4.69) is 5.32 Å². The molecule has 0 bridgehead atoms. The quantitative estimate of drug-likeness (QED) is 0.806. The third-order valence-electron chi connectivity index (χ3n) is 3.99. The average Bonchev–Trinajstić information content (AvgIpc) is 2.38. The molecule has 1 saturated carbocycles. The van der Waals surface area contributed by atoms with Crippen molar-refractivity contribution in [3.8, 4) is 5.75 Å². The minimum Gasteiger partial charge on any atom is -0.497 e. The number of carbonyl (C=O) groups excluding carboxylic acids is 1. The first-order valence-corrected chi connectivity index (χ1v) is 6.28. The first-order chi connectivity index (χ1) is 8.29. The molecule has 3 rings (SSSR count). The number of hydrogen-bond acceptors (Lipinski definition) is 2. The number of hydrogen-bond donors (Lipinski definition) is 1. The molecule has 1 aromatic carbocycles. The van der Waals surface area contributed by atoms with Crippen LogP contribution >= 0.6 is 0 Å². The SMILES string of the molecule is COc1ccc2c(c1)C1CCCC[C@@H]1NC2=O. The van der Waals surface area contributed by atoms with E-state index >= 15 is 0 Å². The molecule has 1 unspecified atom stereocenters. The molecule has 1 aliphatic heterocycles. The van der Waals surface area contributed by atoms with Crippen LogP contribution in [-0.2, 0) is 0 Å². The molecular weight excluding hydrogens is 214 g/mol. The highest BCUT2D eigenvalue weighted by Crippen LogP contribution is 2.39. The molecule has 1 N–H and O–H groups in total. The fraction of sp³-hybridized carbons (Fsp3) is 0.500. The van der Waals surface area contributed by atoms with Gasteiger partial charge in [-0.3, -0.25) is 4.79 Å². The van der Waals surface area contributed by atoms with Crippen LogP contribution in [0.4, 0.5) is 0 Å². The van der Waals surface area contributed by atoms with E-state index in [1.165, 1.54) is 24.8 Å². The topological polar surface area (TPSA) is 38.3 Å². The zero-order chi connectivity index (χ0) is 11.8. The number of amides is 1. The van der Waals surface area contributed by atoms with Gasteiger partial charge in [-0.05, 0) is 36.6 Å². The lowest BCUT2D eigenvalue weighted by molar-refractivity contribution is 0.0901. The molecule has 1 aliphatic carbocycles. The Morgan fingerprint density at radius 1 is 1.29 bits per heavy atom. The van der Waals surface area contributed by atoms with Crippen molar-refractivity contribution >= 4 is 5.91 Å². The Bertz CT molecular complexity index is 456. The molecule has 3 heteroatoms. The molecule has 0 aromatic heterocycles. The minimum atomic E-state index is 0.0748. The molecule has 1 fully saturated rings. The van der Waals surface area contributed by atoms with Gasteiger partial charge < -0.3 is 10.1 Å². The van der Waals surface area contributed by atoms with Gasteiger partial charge in [0.2, 0.25) is 0 Å². The second-order valence-electron chi connectivity index (χ2n) is 4.92. The average molecular weight is 231 g/mol. The van der Waals surface area contributed by atoms with Gasteiger partial charge in [0.15, 0.2) is 0 Å². The smallest absolute Gasteiger partial charge is 0.251 e. The van der Waals surface area contributed by atoms with Crippen LogP contribution < -0.4 is 10.1 Å². The second kappa shape index (κ2) is 4.06. The Hall–Kier alpha value is -1.51. The second-order valence-corrected chi connectivity index (χ2v) is 4.92. The lowest BCUT2D eigenvalue weighted by Crippen LogP contribution is -2.45. The van der Waals surface area contributed by atoms with Crippen LogP contribution in [0.25, 0.3) is 0 Å². The highest BCUT2D eigenvalue weighted by Gasteiger charge is 2.35. The van der Waals surface area contributed by atoms with Crippen LogP contribution in [0, 0.1) is 0 Å². The fourth-order valence-electron chi connectivity index (χ4n) is 3.10. The molecule has 0 radical (unpaired) electrons. The molecule has 90 valence electrons. The van der Waals surface area contributed by atoms with Crippen LogP contribution in [0.15, 0.2) is 18.2 Å². The number of carbonyl (C=O) groups is 1. The van der Waals surface area contributed by atoms with E-state index in [9.17, 15) is 4.79 Å². The van der Waals surface area contributed by atoms with Gasteiger partial charge in [-0.2, -0.15) is 0 Å². The maximum atomic E-state index is 12.0. The molecule has 0 saturated heterocycles. The highest BCUT2D eigenvalue weighted by molar-refractivity contribution is 5.97. The maximum absolute atomic E-state index is 12.0. The summed E-state index contributed by atoms with van der Waals surface area (Å²) in [4.78, 5) is 12.0. The van der Waals surface area contributed by atoms with E-state index in [0.717, 1.165) is 17.7 Å². The Morgan fingerprint density at radius 2 is 2.12 bits per heavy atom. The molecule has 1 aromatic rings. The lowest BCUT2D eigenvalue weighted by atomic mass is 9.76. The summed E-state index contributed by atoms with van der Waals surface area (Å²) in [6.45, 7) is 0. The van der Waals surface area contributed by atoms with Gasteiger partial charge in [0.1, 0.15) is 5.75 Å². The van der Waals surface area contributed by atoms with Crippen LogP contribution in [0.3, 0.4) is 0 Å². The Morgan fingerprint density at radius 3 is 2.94 bits per heavy atom. The van der Waals surface area contributed by atoms with Crippen molar-refractivity contribution in [2.75, 3.05) is 7.11 Å². The molecular formula is C14H17NO2. The van der Waals surface area contributed by atoms with Gasteiger partial charge in [0, 0.05) is 17.5 Å². The Kier molecular flexibility index (Phi) is 2.54. The van der Waals surface area contributed by atoms with Crippen molar-refractivity contribution in [1.29, 1.82) is 0 Å². The number of fused-ring (bicyclic) bond motifs is 3. The Balaban J connectivity index is 2.06. The molecule has 2 aliphatic rings. The standard InChI is InChI=1S/C14H17NO2/c1-17-9-6-7-11-12(8-9)10-4-2-3-5-13(10)15-14(11)16/h6-8,10,13H,2-5H2,1H3,(H,15,16)/t10?,13-/m0/s1. The van der Waals surface area contributed by atoms with Gasteiger partial charge in [0.25, 0.3) is 5.91 Å². The molecule has 1 amide bonds. The number of rotatable bonds is 1. The van der Waals surface area contributed by atoms with Gasteiger partial charge in [-0.25, -0.2) is 0 Å². The van der Waals surface area contributed by atoms with Gasteiger partial charge >= 0.3 is 0 Å². The van der Waals surface area contributed by atoms with Crippen LogP contribution in [0.1, 0.15) is 47.5 Å². The molecule has 2 atom stereocenters. The first-order valence-electron chi connectivity index (χ1n) is 6.28. The fourth-order valence-corrected chi connectivity index (χ4v) is 3.10. The minimum absolute atomic E-state index is 0.0748. The first kappa shape index (κ1) is 10.6. The number of benzene rings is 1. The molecule has 0 spiro atoms. The number of methoxy groups -OCH3 is 1. The van der Waals surface area contributed by atoms with Crippen LogP contribution in [0.5, 0.6) is 5.75 Å². The van der Waals surface area contributed by atoms with E-state index in [0.29, 0.717) is 12.0 Å². The van der Waals surface area contributed by atoms with Gasteiger partial charge in [-0.1, -0.05) is 12.8 Å². The number of nitrogens with one attached hydrogen (secondary N) is 1. The normalized spacial score (nSPS) is 26.8. The van der Waals surface area contributed by atoms with Crippen molar-refractivity contribution < 1.29 is 9.53 Å². The summed E-state index contributed by atoms with van der Waals surface area (Å²) in [5.41, 5.74) is 2.01. The van der Waals surface area contributed by atoms with Crippen LogP contribution in [0.2, 0.25) is 0 Å².